The van der Waals surface area contributed by atoms with E-state index in [1.165, 1.54) is 11.3 Å². The van der Waals surface area contributed by atoms with E-state index in [1.807, 2.05) is 0 Å². The second kappa shape index (κ2) is 5.69. The molecule has 8 heteroatoms. The van der Waals surface area contributed by atoms with Crippen LogP contribution in [0.2, 0.25) is 0 Å². The van der Waals surface area contributed by atoms with Crippen LogP contribution in [0.5, 0.6) is 0 Å². The summed E-state index contributed by atoms with van der Waals surface area (Å²) in [5, 5.41) is 11.2. The number of methoxy groups -OCH3 is 1. The average molecular weight is 246 g/mol. The van der Waals surface area contributed by atoms with Crippen molar-refractivity contribution in [2.75, 3.05) is 12.4 Å². The number of hydrogen-bond acceptors (Lipinski definition) is 6. The molecule has 0 fully saturated rings. The molecule has 0 radical (unpaired) electrons. The highest BCUT2D eigenvalue weighted by Gasteiger charge is 2.08. The van der Waals surface area contributed by atoms with E-state index >= 15 is 0 Å². The third-order valence-electron chi connectivity index (χ3n) is 1.32. The molecule has 15 heavy (non-hydrogen) atoms. The number of nitrogens with one attached hydrogen (secondary N) is 1. The fraction of sp³-hybridized carbons (Fsp3) is 0.429. The van der Waals surface area contributed by atoms with Crippen LogP contribution in [0.15, 0.2) is 0 Å². The molecule has 0 atom stereocenters. The van der Waals surface area contributed by atoms with Gasteiger partial charge in [-0.3, -0.25) is 4.79 Å². The number of ether oxygens (including phenoxy) is 1. The third-order valence-corrected chi connectivity index (χ3v) is 2.27. The van der Waals surface area contributed by atoms with Crippen molar-refractivity contribution in [3.8, 4) is 0 Å². The van der Waals surface area contributed by atoms with Crippen LogP contribution in [0.4, 0.5) is 5.13 Å². The van der Waals surface area contributed by atoms with Gasteiger partial charge in [-0.15, -0.1) is 10.2 Å². The van der Waals surface area contributed by atoms with Crippen molar-refractivity contribution in [2.24, 2.45) is 5.73 Å². The molecule has 82 valence electrons. The number of nitrogens with zero attached hydrogens (tertiary/aromatic N) is 2. The number of carbonyl (C=O) groups is 1. The van der Waals surface area contributed by atoms with Gasteiger partial charge in [0.1, 0.15) is 11.6 Å². The molecular weight excluding hydrogens is 236 g/mol. The first-order valence-electron chi connectivity index (χ1n) is 4.01. The van der Waals surface area contributed by atoms with Crippen LogP contribution in [0.25, 0.3) is 0 Å². The Bertz CT molecular complexity index is 366. The number of aromatic nitrogens is 2. The average Bonchev–Trinajstić information content (AvgIpc) is 2.51. The summed E-state index contributed by atoms with van der Waals surface area (Å²) in [6.07, 6.45) is 0.00846. The molecule has 0 aliphatic rings. The Balaban J connectivity index is 2.49. The first-order chi connectivity index (χ1) is 7.11. The largest absolute Gasteiger partial charge is 0.393 e. The van der Waals surface area contributed by atoms with Gasteiger partial charge in [0.15, 0.2) is 0 Å². The minimum atomic E-state index is -0.289. The van der Waals surface area contributed by atoms with Crippen LogP contribution in [0.1, 0.15) is 11.4 Å². The van der Waals surface area contributed by atoms with Crippen LogP contribution in [-0.4, -0.2) is 28.2 Å². The summed E-state index contributed by atoms with van der Waals surface area (Å²) in [6, 6.07) is 0. The SMILES string of the molecule is COCc1nnc(NC(=O)CC(N)=S)s1. The lowest BCUT2D eigenvalue weighted by atomic mass is 10.4. The number of hydrogen-bond donors (Lipinski definition) is 2. The van der Waals surface area contributed by atoms with Gasteiger partial charge >= 0.3 is 0 Å². The molecule has 0 aliphatic carbocycles. The van der Waals surface area contributed by atoms with Gasteiger partial charge in [0, 0.05) is 7.11 Å². The maximum Gasteiger partial charge on any atom is 0.233 e. The van der Waals surface area contributed by atoms with Gasteiger partial charge < -0.3 is 15.8 Å². The van der Waals surface area contributed by atoms with E-state index in [4.69, 9.17) is 10.5 Å². The Hall–Kier alpha value is -1.12. The Morgan fingerprint density at radius 3 is 3.00 bits per heavy atom. The summed E-state index contributed by atoms with van der Waals surface area (Å²) in [7, 11) is 1.56. The summed E-state index contributed by atoms with van der Waals surface area (Å²) in [5.74, 6) is -0.289. The Morgan fingerprint density at radius 2 is 2.40 bits per heavy atom. The predicted molar refractivity (Wildman–Crippen MR) is 60.7 cm³/mol. The number of amides is 1. The zero-order chi connectivity index (χ0) is 11.3. The summed E-state index contributed by atoms with van der Waals surface area (Å²) >= 11 is 5.85. The first-order valence-corrected chi connectivity index (χ1v) is 5.23. The highest BCUT2D eigenvalue weighted by molar-refractivity contribution is 7.80. The molecule has 0 unspecified atom stereocenters. The van der Waals surface area contributed by atoms with E-state index in [0.717, 1.165) is 0 Å². The van der Waals surface area contributed by atoms with Crippen LogP contribution < -0.4 is 11.1 Å². The van der Waals surface area contributed by atoms with Crippen LogP contribution in [-0.2, 0) is 16.1 Å². The van der Waals surface area contributed by atoms with Crippen molar-refractivity contribution in [3.05, 3.63) is 5.01 Å². The first kappa shape index (κ1) is 12.0. The van der Waals surface area contributed by atoms with Crippen LogP contribution >= 0.6 is 23.6 Å². The van der Waals surface area contributed by atoms with Crippen molar-refractivity contribution < 1.29 is 9.53 Å². The number of thiocarbonyl (C=S) groups is 1. The lowest BCUT2D eigenvalue weighted by Crippen LogP contribution is -2.19. The summed E-state index contributed by atoms with van der Waals surface area (Å²) < 4.78 is 4.87. The van der Waals surface area contributed by atoms with Gasteiger partial charge in [-0.05, 0) is 0 Å². The van der Waals surface area contributed by atoms with Crippen LogP contribution in [0.3, 0.4) is 0 Å². The molecule has 0 spiro atoms. The van der Waals surface area contributed by atoms with Crippen molar-refractivity contribution in [3.63, 3.8) is 0 Å². The smallest absolute Gasteiger partial charge is 0.233 e. The molecule has 0 saturated carbocycles. The minimum Gasteiger partial charge on any atom is -0.393 e. The second-order valence-electron chi connectivity index (χ2n) is 2.63. The highest BCUT2D eigenvalue weighted by Crippen LogP contribution is 2.15. The molecule has 0 aliphatic heterocycles. The van der Waals surface area contributed by atoms with E-state index in [-0.39, 0.29) is 17.3 Å². The minimum absolute atomic E-state index is 0.00846. The molecule has 1 heterocycles. The number of rotatable bonds is 5. The van der Waals surface area contributed by atoms with Gasteiger partial charge in [0.05, 0.1) is 11.4 Å². The van der Waals surface area contributed by atoms with E-state index in [1.54, 1.807) is 7.11 Å². The normalized spacial score (nSPS) is 9.93. The molecule has 1 amide bonds. The lowest BCUT2D eigenvalue weighted by molar-refractivity contribution is -0.115. The van der Waals surface area contributed by atoms with Gasteiger partial charge in [-0.25, -0.2) is 0 Å². The van der Waals surface area contributed by atoms with Crippen molar-refractivity contribution >= 4 is 39.6 Å². The van der Waals surface area contributed by atoms with Gasteiger partial charge in [-0.2, -0.15) is 0 Å². The van der Waals surface area contributed by atoms with Gasteiger partial charge in [0.2, 0.25) is 11.0 Å². The highest BCUT2D eigenvalue weighted by atomic mass is 32.1. The van der Waals surface area contributed by atoms with E-state index in [2.05, 4.69) is 27.7 Å². The van der Waals surface area contributed by atoms with Gasteiger partial charge in [0.25, 0.3) is 0 Å². The number of anilines is 1. The molecule has 6 nitrogen and oxygen atoms in total. The fourth-order valence-electron chi connectivity index (χ4n) is 0.808. The number of carbonyl (C=O) groups excluding carboxylic acids is 1. The van der Waals surface area contributed by atoms with Gasteiger partial charge in [-0.1, -0.05) is 23.6 Å². The Labute approximate surface area is 95.8 Å². The topological polar surface area (TPSA) is 90.1 Å². The van der Waals surface area contributed by atoms with Crippen molar-refractivity contribution in [2.45, 2.75) is 13.0 Å². The monoisotopic (exact) mass is 246 g/mol. The van der Waals surface area contributed by atoms with E-state index in [9.17, 15) is 4.79 Å². The number of nitrogens with two attached hydrogens (primary N) is 1. The summed E-state index contributed by atoms with van der Waals surface area (Å²) in [4.78, 5) is 11.4. The van der Waals surface area contributed by atoms with Crippen molar-refractivity contribution in [1.82, 2.24) is 10.2 Å². The molecule has 1 aromatic heterocycles. The maximum atomic E-state index is 11.2. The third kappa shape index (κ3) is 4.28. The fourth-order valence-corrected chi connectivity index (χ4v) is 1.67. The second-order valence-corrected chi connectivity index (χ2v) is 4.21. The molecule has 0 bridgehead atoms. The van der Waals surface area contributed by atoms with E-state index < -0.39 is 0 Å². The molecule has 0 saturated heterocycles. The predicted octanol–water partition coefficient (Wildman–Crippen LogP) is 0.299. The summed E-state index contributed by atoms with van der Waals surface area (Å²) in [5.41, 5.74) is 5.22. The molecule has 1 aromatic rings. The maximum absolute atomic E-state index is 11.2. The van der Waals surface area contributed by atoms with Crippen molar-refractivity contribution in [1.29, 1.82) is 0 Å². The quantitative estimate of drug-likeness (QED) is 0.726. The molecule has 1 rings (SSSR count). The Kier molecular flexibility index (Phi) is 4.53. The lowest BCUT2D eigenvalue weighted by Gasteiger charge is -1.97. The molecule has 0 aromatic carbocycles. The zero-order valence-corrected chi connectivity index (χ0v) is 9.65. The standard InChI is InChI=1S/C7H10N4O2S2/c1-13-3-6-10-11-7(15-6)9-5(12)2-4(8)14/h2-3H2,1H3,(H2,8,14)(H,9,11,12). The summed E-state index contributed by atoms with van der Waals surface area (Å²) in [6.45, 7) is 0.378. The van der Waals surface area contributed by atoms with E-state index in [0.29, 0.717) is 16.7 Å². The molecule has 3 N–H and O–H groups in total. The Morgan fingerprint density at radius 1 is 1.67 bits per heavy atom. The molecular formula is C7H10N4O2S2. The van der Waals surface area contributed by atoms with Crippen LogP contribution in [0, 0.1) is 0 Å². The zero-order valence-electron chi connectivity index (χ0n) is 8.02.